The number of piperazine rings is 1. The second kappa shape index (κ2) is 10.3. The molecule has 0 unspecified atom stereocenters. The lowest BCUT2D eigenvalue weighted by Crippen LogP contribution is -2.48. The molecule has 0 N–H and O–H groups in total. The van der Waals surface area contributed by atoms with Gasteiger partial charge in [0.15, 0.2) is 11.3 Å². The third-order valence-electron chi connectivity index (χ3n) is 5.75. The van der Waals surface area contributed by atoms with E-state index in [-0.39, 0.29) is 5.91 Å². The average molecular weight is 475 g/mol. The normalized spacial score (nSPS) is 14.9. The van der Waals surface area contributed by atoms with Crippen LogP contribution in [-0.4, -0.2) is 58.4 Å². The van der Waals surface area contributed by atoms with Gasteiger partial charge in [0.25, 0.3) is 11.1 Å². The predicted molar refractivity (Wildman–Crippen MR) is 133 cm³/mol. The second-order valence-corrected chi connectivity index (χ2v) is 9.20. The van der Waals surface area contributed by atoms with Crippen molar-refractivity contribution in [3.63, 3.8) is 0 Å². The number of aryl methyl sites for hydroxylation is 1. The van der Waals surface area contributed by atoms with Gasteiger partial charge in [-0.2, -0.15) is 0 Å². The SMILES string of the molecule is Cc1ccc2oc(SCc3nc(C(=O)N4CCN(CC=Cc5ccccc5)CC4)co3)nc2c1. The molecule has 174 valence electrons. The van der Waals surface area contributed by atoms with Crippen LogP contribution in [-0.2, 0) is 5.75 Å². The van der Waals surface area contributed by atoms with Crippen LogP contribution in [0.5, 0.6) is 0 Å². The summed E-state index contributed by atoms with van der Waals surface area (Å²) < 4.78 is 11.3. The zero-order valence-corrected chi connectivity index (χ0v) is 19.8. The smallest absolute Gasteiger partial charge is 0.275 e. The minimum Gasteiger partial charge on any atom is -0.447 e. The Balaban J connectivity index is 1.10. The largest absolute Gasteiger partial charge is 0.447 e. The molecule has 8 heteroatoms. The molecule has 4 aromatic rings. The van der Waals surface area contributed by atoms with E-state index in [1.807, 2.05) is 48.2 Å². The summed E-state index contributed by atoms with van der Waals surface area (Å²) in [5.74, 6) is 0.842. The molecule has 1 saturated heterocycles. The molecule has 2 aromatic carbocycles. The second-order valence-electron chi connectivity index (χ2n) is 8.27. The molecule has 0 saturated carbocycles. The van der Waals surface area contributed by atoms with Crippen molar-refractivity contribution in [2.24, 2.45) is 0 Å². The number of carbonyl (C=O) groups excluding carboxylic acids is 1. The Morgan fingerprint density at radius 2 is 1.91 bits per heavy atom. The van der Waals surface area contributed by atoms with Crippen LogP contribution < -0.4 is 0 Å². The Labute approximate surface area is 202 Å². The van der Waals surface area contributed by atoms with E-state index in [1.54, 1.807) is 0 Å². The van der Waals surface area contributed by atoms with Crippen molar-refractivity contribution in [2.75, 3.05) is 32.7 Å². The van der Waals surface area contributed by atoms with Crippen LogP contribution in [0.15, 0.2) is 74.9 Å². The zero-order valence-electron chi connectivity index (χ0n) is 19.0. The van der Waals surface area contributed by atoms with E-state index < -0.39 is 0 Å². The number of rotatable bonds is 7. The van der Waals surface area contributed by atoms with Crippen LogP contribution in [0.3, 0.4) is 0 Å². The molecule has 0 atom stereocenters. The Hall–Kier alpha value is -3.36. The summed E-state index contributed by atoms with van der Waals surface area (Å²) in [6.07, 6.45) is 5.75. The lowest BCUT2D eigenvalue weighted by Gasteiger charge is -2.33. The highest BCUT2D eigenvalue weighted by Gasteiger charge is 2.24. The van der Waals surface area contributed by atoms with Gasteiger partial charge >= 0.3 is 0 Å². The quantitative estimate of drug-likeness (QED) is 0.353. The molecule has 1 aliphatic heterocycles. The summed E-state index contributed by atoms with van der Waals surface area (Å²) in [5, 5.41) is 0.559. The van der Waals surface area contributed by atoms with Crippen molar-refractivity contribution in [2.45, 2.75) is 17.9 Å². The first-order chi connectivity index (χ1) is 16.6. The van der Waals surface area contributed by atoms with Gasteiger partial charge in [0.2, 0.25) is 5.89 Å². The van der Waals surface area contributed by atoms with Crippen LogP contribution in [0.1, 0.15) is 27.5 Å². The van der Waals surface area contributed by atoms with Crippen molar-refractivity contribution in [1.29, 1.82) is 0 Å². The molecular formula is C26H26N4O3S. The van der Waals surface area contributed by atoms with Crippen molar-refractivity contribution < 1.29 is 13.6 Å². The number of aromatic nitrogens is 2. The number of nitrogens with zero attached hydrogens (tertiary/aromatic N) is 4. The molecule has 2 aromatic heterocycles. The third-order valence-corrected chi connectivity index (χ3v) is 6.56. The van der Waals surface area contributed by atoms with E-state index in [4.69, 9.17) is 8.83 Å². The van der Waals surface area contributed by atoms with E-state index in [1.165, 1.54) is 23.6 Å². The van der Waals surface area contributed by atoms with Gasteiger partial charge in [-0.1, -0.05) is 60.3 Å². The van der Waals surface area contributed by atoms with Crippen molar-refractivity contribution in [3.8, 4) is 0 Å². The molecule has 1 amide bonds. The van der Waals surface area contributed by atoms with E-state index in [0.717, 1.165) is 36.3 Å². The summed E-state index contributed by atoms with van der Waals surface area (Å²) in [5.41, 5.74) is 4.27. The molecule has 0 aliphatic carbocycles. The summed E-state index contributed by atoms with van der Waals surface area (Å²) in [7, 11) is 0. The maximum absolute atomic E-state index is 12.9. The number of amides is 1. The number of benzene rings is 2. The molecule has 0 bridgehead atoms. The molecule has 34 heavy (non-hydrogen) atoms. The first-order valence-corrected chi connectivity index (χ1v) is 12.3. The number of hydrogen-bond donors (Lipinski definition) is 0. The molecule has 5 rings (SSSR count). The lowest BCUT2D eigenvalue weighted by molar-refractivity contribution is 0.0644. The summed E-state index contributed by atoms with van der Waals surface area (Å²) in [6.45, 7) is 5.92. The van der Waals surface area contributed by atoms with Crippen LogP contribution in [0.2, 0.25) is 0 Å². The fraction of sp³-hybridized carbons (Fsp3) is 0.269. The molecule has 1 aliphatic rings. The van der Waals surface area contributed by atoms with Crippen LogP contribution in [0.4, 0.5) is 0 Å². The number of thioether (sulfide) groups is 1. The average Bonchev–Trinajstić information content (AvgIpc) is 3.50. The maximum Gasteiger partial charge on any atom is 0.275 e. The zero-order chi connectivity index (χ0) is 23.3. The highest BCUT2D eigenvalue weighted by molar-refractivity contribution is 7.98. The van der Waals surface area contributed by atoms with Gasteiger partial charge in [-0.25, -0.2) is 9.97 Å². The fourth-order valence-electron chi connectivity index (χ4n) is 3.87. The molecule has 7 nitrogen and oxygen atoms in total. The predicted octanol–water partition coefficient (Wildman–Crippen LogP) is 4.89. The monoisotopic (exact) mass is 474 g/mol. The van der Waals surface area contributed by atoms with Gasteiger partial charge in [0.05, 0.1) is 5.75 Å². The highest BCUT2D eigenvalue weighted by Crippen LogP contribution is 2.26. The van der Waals surface area contributed by atoms with E-state index >= 15 is 0 Å². The van der Waals surface area contributed by atoms with Gasteiger partial charge in [-0.05, 0) is 30.2 Å². The molecule has 0 radical (unpaired) electrons. The number of oxazole rings is 2. The number of carbonyl (C=O) groups is 1. The van der Waals surface area contributed by atoms with Crippen molar-refractivity contribution in [1.82, 2.24) is 19.8 Å². The van der Waals surface area contributed by atoms with Gasteiger partial charge in [0.1, 0.15) is 11.8 Å². The Bertz CT molecular complexity index is 1290. The Morgan fingerprint density at radius 3 is 2.74 bits per heavy atom. The summed E-state index contributed by atoms with van der Waals surface area (Å²) >= 11 is 1.40. The maximum atomic E-state index is 12.9. The molecule has 3 heterocycles. The molecule has 0 spiro atoms. The molecular weight excluding hydrogens is 448 g/mol. The van der Waals surface area contributed by atoms with E-state index in [0.29, 0.717) is 35.6 Å². The summed E-state index contributed by atoms with van der Waals surface area (Å²) in [6, 6.07) is 16.2. The first-order valence-electron chi connectivity index (χ1n) is 11.3. The fourth-order valence-corrected chi connectivity index (χ4v) is 4.57. The highest BCUT2D eigenvalue weighted by atomic mass is 32.2. The van der Waals surface area contributed by atoms with Crippen LogP contribution >= 0.6 is 11.8 Å². The first kappa shape index (κ1) is 22.4. The van der Waals surface area contributed by atoms with Gasteiger partial charge in [0, 0.05) is 32.7 Å². The van der Waals surface area contributed by atoms with Gasteiger partial charge < -0.3 is 13.7 Å². The van der Waals surface area contributed by atoms with E-state index in [9.17, 15) is 4.79 Å². The van der Waals surface area contributed by atoms with Crippen molar-refractivity contribution in [3.05, 3.63) is 83.6 Å². The minimum atomic E-state index is -0.0863. The van der Waals surface area contributed by atoms with Crippen LogP contribution in [0, 0.1) is 6.92 Å². The van der Waals surface area contributed by atoms with Gasteiger partial charge in [-0.15, -0.1) is 0 Å². The Kier molecular flexibility index (Phi) is 6.78. The van der Waals surface area contributed by atoms with Crippen LogP contribution in [0.25, 0.3) is 17.2 Å². The standard InChI is InChI=1S/C26H26N4O3S/c1-19-9-10-23-21(16-19)28-26(33-23)34-18-24-27-22(17-32-24)25(31)30-14-12-29(13-15-30)11-5-8-20-6-3-2-4-7-20/h2-10,16-17H,11-15,18H2,1H3. The Morgan fingerprint density at radius 1 is 1.09 bits per heavy atom. The van der Waals surface area contributed by atoms with Gasteiger partial charge in [-0.3, -0.25) is 9.69 Å². The molecule has 1 fully saturated rings. The third kappa shape index (κ3) is 5.40. The minimum absolute atomic E-state index is 0.0863. The number of fused-ring (bicyclic) bond motifs is 1. The lowest BCUT2D eigenvalue weighted by atomic mass is 10.2. The number of hydrogen-bond acceptors (Lipinski definition) is 7. The summed E-state index contributed by atoms with van der Waals surface area (Å²) in [4.78, 5) is 26.0. The van der Waals surface area contributed by atoms with Crippen molar-refractivity contribution >= 4 is 34.8 Å². The van der Waals surface area contributed by atoms with E-state index in [2.05, 4.69) is 39.2 Å². The topological polar surface area (TPSA) is 75.6 Å².